The lowest BCUT2D eigenvalue weighted by Gasteiger charge is -2.03. The molecule has 0 aromatic carbocycles. The highest BCUT2D eigenvalue weighted by molar-refractivity contribution is 6.29. The average molecular weight is 174 g/mol. The Morgan fingerprint density at radius 2 is 2.27 bits per heavy atom. The van der Waals surface area contributed by atoms with Gasteiger partial charge in [0.1, 0.15) is 5.15 Å². The minimum atomic E-state index is -0.188. The molecule has 60 valence electrons. The molecule has 0 saturated carbocycles. The standard InChI is InChI=1S/C7H8ClNO2/c8-6-2-1-3-7(11)9(6)4-5-10/h1-3,10H,4-5H2. The summed E-state index contributed by atoms with van der Waals surface area (Å²) in [5.74, 6) is 0. The zero-order valence-corrected chi connectivity index (χ0v) is 6.58. The summed E-state index contributed by atoms with van der Waals surface area (Å²) in [6.07, 6.45) is 0. The molecule has 0 fully saturated rings. The van der Waals surface area contributed by atoms with Gasteiger partial charge in [0, 0.05) is 6.07 Å². The maximum atomic E-state index is 11.0. The second kappa shape index (κ2) is 3.55. The number of hydrogen-bond acceptors (Lipinski definition) is 2. The van der Waals surface area contributed by atoms with E-state index in [0.29, 0.717) is 5.15 Å². The number of pyridine rings is 1. The van der Waals surface area contributed by atoms with E-state index >= 15 is 0 Å². The third kappa shape index (κ3) is 1.82. The predicted molar refractivity (Wildman–Crippen MR) is 42.8 cm³/mol. The van der Waals surface area contributed by atoms with E-state index in [1.807, 2.05) is 0 Å². The molecule has 4 heteroatoms. The van der Waals surface area contributed by atoms with E-state index in [1.54, 1.807) is 12.1 Å². The minimum Gasteiger partial charge on any atom is -0.395 e. The van der Waals surface area contributed by atoms with Gasteiger partial charge < -0.3 is 5.11 Å². The van der Waals surface area contributed by atoms with Crippen molar-refractivity contribution in [3.63, 3.8) is 0 Å². The summed E-state index contributed by atoms with van der Waals surface area (Å²) >= 11 is 5.66. The van der Waals surface area contributed by atoms with Crippen LogP contribution in [0.3, 0.4) is 0 Å². The van der Waals surface area contributed by atoms with Crippen molar-refractivity contribution in [2.75, 3.05) is 6.61 Å². The molecule has 11 heavy (non-hydrogen) atoms. The number of nitrogens with zero attached hydrogens (tertiary/aromatic N) is 1. The molecule has 0 saturated heterocycles. The van der Waals surface area contributed by atoms with Gasteiger partial charge in [-0.1, -0.05) is 17.7 Å². The average Bonchev–Trinajstić information content (AvgIpc) is 1.97. The van der Waals surface area contributed by atoms with Gasteiger partial charge in [-0.2, -0.15) is 0 Å². The molecular weight excluding hydrogens is 166 g/mol. The molecule has 0 aliphatic rings. The smallest absolute Gasteiger partial charge is 0.251 e. The van der Waals surface area contributed by atoms with Crippen LogP contribution in [0.15, 0.2) is 23.0 Å². The second-order valence-electron chi connectivity index (χ2n) is 2.06. The first-order valence-corrected chi connectivity index (χ1v) is 3.59. The molecule has 0 radical (unpaired) electrons. The van der Waals surface area contributed by atoms with Gasteiger partial charge in [0.05, 0.1) is 13.2 Å². The lowest BCUT2D eigenvalue weighted by atomic mass is 10.4. The largest absolute Gasteiger partial charge is 0.395 e. The van der Waals surface area contributed by atoms with Gasteiger partial charge in [-0.3, -0.25) is 9.36 Å². The monoisotopic (exact) mass is 173 g/mol. The van der Waals surface area contributed by atoms with Gasteiger partial charge in [-0.05, 0) is 6.07 Å². The molecule has 1 heterocycles. The summed E-state index contributed by atoms with van der Waals surface area (Å²) in [6, 6.07) is 4.60. The van der Waals surface area contributed by atoms with Crippen LogP contribution in [0.2, 0.25) is 5.15 Å². The number of aromatic nitrogens is 1. The first-order chi connectivity index (χ1) is 5.25. The van der Waals surface area contributed by atoms with Crippen LogP contribution >= 0.6 is 11.6 Å². The molecule has 0 atom stereocenters. The van der Waals surface area contributed by atoms with Crippen LogP contribution in [0.4, 0.5) is 0 Å². The Labute approximate surface area is 68.8 Å². The predicted octanol–water partition coefficient (Wildman–Crippen LogP) is 0.494. The van der Waals surface area contributed by atoms with Gasteiger partial charge in [0.15, 0.2) is 0 Å². The highest BCUT2D eigenvalue weighted by Gasteiger charge is 1.97. The highest BCUT2D eigenvalue weighted by Crippen LogP contribution is 2.02. The first kappa shape index (κ1) is 8.30. The van der Waals surface area contributed by atoms with Crippen molar-refractivity contribution in [1.82, 2.24) is 4.57 Å². The minimum absolute atomic E-state index is 0.0797. The summed E-state index contributed by atoms with van der Waals surface area (Å²) in [4.78, 5) is 11.0. The third-order valence-corrected chi connectivity index (χ3v) is 1.65. The van der Waals surface area contributed by atoms with Crippen molar-refractivity contribution in [2.45, 2.75) is 6.54 Å². The Kier molecular flexibility index (Phi) is 2.68. The van der Waals surface area contributed by atoms with Gasteiger partial charge in [-0.25, -0.2) is 0 Å². The zero-order chi connectivity index (χ0) is 8.27. The lowest BCUT2D eigenvalue weighted by Crippen LogP contribution is -2.20. The van der Waals surface area contributed by atoms with E-state index < -0.39 is 0 Å². The maximum Gasteiger partial charge on any atom is 0.251 e. The zero-order valence-electron chi connectivity index (χ0n) is 5.83. The topological polar surface area (TPSA) is 42.2 Å². The third-order valence-electron chi connectivity index (χ3n) is 1.32. The Morgan fingerprint density at radius 3 is 2.82 bits per heavy atom. The van der Waals surface area contributed by atoms with Crippen LogP contribution in [0.1, 0.15) is 0 Å². The summed E-state index contributed by atoms with van der Waals surface area (Å²) in [5, 5.41) is 8.90. The summed E-state index contributed by atoms with van der Waals surface area (Å²) < 4.78 is 1.31. The lowest BCUT2D eigenvalue weighted by molar-refractivity contribution is 0.274. The quantitative estimate of drug-likeness (QED) is 0.662. The molecule has 1 aromatic heterocycles. The fourth-order valence-corrected chi connectivity index (χ4v) is 1.05. The van der Waals surface area contributed by atoms with Crippen LogP contribution in [0.25, 0.3) is 0 Å². The van der Waals surface area contributed by atoms with Gasteiger partial charge in [0.2, 0.25) is 0 Å². The van der Waals surface area contributed by atoms with E-state index in [9.17, 15) is 4.79 Å². The van der Waals surface area contributed by atoms with Crippen molar-refractivity contribution >= 4 is 11.6 Å². The fraction of sp³-hybridized carbons (Fsp3) is 0.286. The number of aliphatic hydroxyl groups excluding tert-OH is 1. The molecule has 0 aliphatic heterocycles. The molecule has 0 aliphatic carbocycles. The number of halogens is 1. The first-order valence-electron chi connectivity index (χ1n) is 3.22. The van der Waals surface area contributed by atoms with Crippen LogP contribution < -0.4 is 5.56 Å². The van der Waals surface area contributed by atoms with Crippen molar-refractivity contribution < 1.29 is 5.11 Å². The molecule has 1 N–H and O–H groups in total. The Morgan fingerprint density at radius 1 is 1.55 bits per heavy atom. The van der Waals surface area contributed by atoms with Crippen LogP contribution in [0.5, 0.6) is 0 Å². The maximum absolute atomic E-state index is 11.0. The van der Waals surface area contributed by atoms with E-state index in [2.05, 4.69) is 0 Å². The van der Waals surface area contributed by atoms with E-state index in [4.69, 9.17) is 16.7 Å². The van der Waals surface area contributed by atoms with Crippen molar-refractivity contribution in [3.8, 4) is 0 Å². The van der Waals surface area contributed by atoms with Crippen molar-refractivity contribution in [3.05, 3.63) is 33.7 Å². The molecule has 0 unspecified atom stereocenters. The molecular formula is C7H8ClNO2. The Balaban J connectivity index is 3.10. The highest BCUT2D eigenvalue weighted by atomic mass is 35.5. The van der Waals surface area contributed by atoms with Crippen LogP contribution in [-0.4, -0.2) is 16.3 Å². The summed E-state index contributed by atoms with van der Waals surface area (Å²) in [7, 11) is 0. The summed E-state index contributed by atoms with van der Waals surface area (Å²) in [5.41, 5.74) is -0.188. The van der Waals surface area contributed by atoms with Crippen molar-refractivity contribution in [2.24, 2.45) is 0 Å². The van der Waals surface area contributed by atoms with Gasteiger partial charge in [-0.15, -0.1) is 0 Å². The SMILES string of the molecule is O=c1cccc(Cl)n1CCO. The van der Waals surface area contributed by atoms with Crippen molar-refractivity contribution in [1.29, 1.82) is 0 Å². The van der Waals surface area contributed by atoms with E-state index in [0.717, 1.165) is 0 Å². The molecule has 0 spiro atoms. The number of aliphatic hydroxyl groups is 1. The Hall–Kier alpha value is -0.800. The molecule has 0 bridgehead atoms. The second-order valence-corrected chi connectivity index (χ2v) is 2.45. The molecule has 1 rings (SSSR count). The normalized spacial score (nSPS) is 10.0. The van der Waals surface area contributed by atoms with Gasteiger partial charge in [0.25, 0.3) is 5.56 Å². The van der Waals surface area contributed by atoms with Gasteiger partial charge >= 0.3 is 0 Å². The Bertz CT molecular complexity index is 295. The molecule has 1 aromatic rings. The van der Waals surface area contributed by atoms with E-state index in [-0.39, 0.29) is 18.7 Å². The number of hydrogen-bond donors (Lipinski definition) is 1. The molecule has 0 amide bonds. The summed E-state index contributed by atoms with van der Waals surface area (Å²) in [6.45, 7) is 0.169. The van der Waals surface area contributed by atoms with Crippen LogP contribution in [0, 0.1) is 0 Å². The van der Waals surface area contributed by atoms with E-state index in [1.165, 1.54) is 10.6 Å². The van der Waals surface area contributed by atoms with Crippen LogP contribution in [-0.2, 0) is 6.54 Å². The molecule has 3 nitrogen and oxygen atoms in total. The fourth-order valence-electron chi connectivity index (χ4n) is 0.812. The number of rotatable bonds is 2.